The predicted molar refractivity (Wildman–Crippen MR) is 65.5 cm³/mol. The molecule has 0 aromatic heterocycles. The second-order valence-corrected chi connectivity index (χ2v) is 4.20. The van der Waals surface area contributed by atoms with Gasteiger partial charge in [0.1, 0.15) is 12.2 Å². The molecule has 2 N–H and O–H groups in total. The zero-order valence-electron chi connectivity index (χ0n) is 10.1. The molecule has 1 saturated carbocycles. The van der Waals surface area contributed by atoms with E-state index < -0.39 is 4.92 Å². The van der Waals surface area contributed by atoms with Crippen molar-refractivity contribution in [1.82, 2.24) is 0 Å². The highest BCUT2D eigenvalue weighted by Gasteiger charge is 2.42. The van der Waals surface area contributed by atoms with Crippen molar-refractivity contribution in [3.8, 4) is 5.75 Å². The first-order valence-corrected chi connectivity index (χ1v) is 5.90. The van der Waals surface area contributed by atoms with E-state index in [4.69, 9.17) is 15.2 Å². The highest BCUT2D eigenvalue weighted by molar-refractivity contribution is 5.46. The molecule has 6 nitrogen and oxygen atoms in total. The molecule has 0 spiro atoms. The van der Waals surface area contributed by atoms with Crippen molar-refractivity contribution < 1.29 is 14.4 Å². The van der Waals surface area contributed by atoms with E-state index in [1.54, 1.807) is 18.2 Å². The number of nitro benzene ring substituents is 1. The lowest BCUT2D eigenvalue weighted by atomic mass is 9.86. The Morgan fingerprint density at radius 2 is 2.22 bits per heavy atom. The van der Waals surface area contributed by atoms with Crippen LogP contribution in [0.2, 0.25) is 0 Å². The molecule has 1 aromatic carbocycles. The predicted octanol–water partition coefficient (Wildman–Crippen LogP) is 1.48. The maximum absolute atomic E-state index is 10.9. The third-order valence-corrected chi connectivity index (χ3v) is 2.99. The molecule has 1 aliphatic rings. The summed E-state index contributed by atoms with van der Waals surface area (Å²) in [7, 11) is 0. The Balaban J connectivity index is 2.08. The van der Waals surface area contributed by atoms with Gasteiger partial charge >= 0.3 is 5.69 Å². The Morgan fingerprint density at radius 1 is 1.50 bits per heavy atom. The van der Waals surface area contributed by atoms with Crippen molar-refractivity contribution in [2.45, 2.75) is 31.6 Å². The normalized spacial score (nSPS) is 26.4. The van der Waals surface area contributed by atoms with Crippen molar-refractivity contribution >= 4 is 5.69 Å². The first kappa shape index (κ1) is 12.8. The van der Waals surface area contributed by atoms with Gasteiger partial charge in [0.2, 0.25) is 0 Å². The number of ether oxygens (including phenoxy) is 2. The van der Waals surface area contributed by atoms with Crippen molar-refractivity contribution in [3.63, 3.8) is 0 Å². The third-order valence-electron chi connectivity index (χ3n) is 2.99. The van der Waals surface area contributed by atoms with E-state index in [0.29, 0.717) is 13.0 Å². The molecule has 0 radical (unpaired) electrons. The number of hydrogen-bond acceptors (Lipinski definition) is 5. The highest BCUT2D eigenvalue weighted by atomic mass is 16.6. The molecule has 98 valence electrons. The molecule has 0 amide bonds. The van der Waals surface area contributed by atoms with E-state index in [-0.39, 0.29) is 29.7 Å². The van der Waals surface area contributed by atoms with Gasteiger partial charge in [0.25, 0.3) is 0 Å². The second-order valence-electron chi connectivity index (χ2n) is 4.20. The van der Waals surface area contributed by atoms with Gasteiger partial charge < -0.3 is 15.2 Å². The summed E-state index contributed by atoms with van der Waals surface area (Å²) in [5.74, 6) is 0.268. The maximum atomic E-state index is 10.9. The third kappa shape index (κ3) is 2.44. The van der Waals surface area contributed by atoms with Crippen molar-refractivity contribution in [2.24, 2.45) is 5.73 Å². The molecule has 18 heavy (non-hydrogen) atoms. The summed E-state index contributed by atoms with van der Waals surface area (Å²) < 4.78 is 11.1. The summed E-state index contributed by atoms with van der Waals surface area (Å²) in [5.41, 5.74) is 5.78. The fraction of sp³-hybridized carbons (Fsp3) is 0.500. The number of hydrogen-bond donors (Lipinski definition) is 1. The molecule has 2 rings (SSSR count). The van der Waals surface area contributed by atoms with E-state index >= 15 is 0 Å². The van der Waals surface area contributed by atoms with Gasteiger partial charge in [-0.2, -0.15) is 0 Å². The lowest BCUT2D eigenvalue weighted by molar-refractivity contribution is -0.386. The van der Waals surface area contributed by atoms with Crippen molar-refractivity contribution in [2.75, 3.05) is 6.61 Å². The Labute approximate surface area is 105 Å². The van der Waals surface area contributed by atoms with Crippen LogP contribution in [0.4, 0.5) is 5.69 Å². The van der Waals surface area contributed by atoms with Crippen LogP contribution in [0.25, 0.3) is 0 Å². The topological polar surface area (TPSA) is 87.6 Å². The second kappa shape index (κ2) is 5.32. The highest BCUT2D eigenvalue weighted by Crippen LogP contribution is 2.32. The standard InChI is InChI=1S/C12H16N2O4/c1-2-17-12-8(13)7-11(12)18-10-6-4-3-5-9(10)14(15)16/h3-6,8,11-12H,2,7,13H2,1H3. The SMILES string of the molecule is CCOC1C(N)CC1Oc1ccccc1[N+](=O)[O-]. The van der Waals surface area contributed by atoms with E-state index in [2.05, 4.69) is 0 Å². The molecule has 1 aliphatic carbocycles. The summed E-state index contributed by atoms with van der Waals surface area (Å²) >= 11 is 0. The first-order valence-electron chi connectivity index (χ1n) is 5.90. The fourth-order valence-corrected chi connectivity index (χ4v) is 2.03. The zero-order valence-corrected chi connectivity index (χ0v) is 10.1. The monoisotopic (exact) mass is 252 g/mol. The van der Waals surface area contributed by atoms with E-state index in [1.165, 1.54) is 6.07 Å². The number of benzene rings is 1. The summed E-state index contributed by atoms with van der Waals surface area (Å²) in [5, 5.41) is 10.9. The number of para-hydroxylation sites is 2. The molecular weight excluding hydrogens is 236 g/mol. The average Bonchev–Trinajstić information content (AvgIpc) is 2.36. The molecule has 6 heteroatoms. The van der Waals surface area contributed by atoms with Crippen LogP contribution in [0.3, 0.4) is 0 Å². The Bertz CT molecular complexity index is 438. The molecule has 0 bridgehead atoms. The van der Waals surface area contributed by atoms with Gasteiger partial charge in [-0.25, -0.2) is 0 Å². The van der Waals surface area contributed by atoms with Gasteiger partial charge in [0.15, 0.2) is 5.75 Å². The Hall–Kier alpha value is -1.66. The van der Waals surface area contributed by atoms with Crippen LogP contribution >= 0.6 is 0 Å². The van der Waals surface area contributed by atoms with Crippen LogP contribution in [-0.4, -0.2) is 29.8 Å². The Morgan fingerprint density at radius 3 is 2.83 bits per heavy atom. The molecule has 0 saturated heterocycles. The minimum Gasteiger partial charge on any atom is -0.481 e. The van der Waals surface area contributed by atoms with Gasteiger partial charge in [0.05, 0.1) is 4.92 Å². The maximum Gasteiger partial charge on any atom is 0.310 e. The molecule has 3 atom stereocenters. The fourth-order valence-electron chi connectivity index (χ4n) is 2.03. The van der Waals surface area contributed by atoms with Crippen LogP contribution < -0.4 is 10.5 Å². The molecule has 1 aromatic rings. The smallest absolute Gasteiger partial charge is 0.310 e. The first-order chi connectivity index (χ1) is 8.63. The molecule has 0 heterocycles. The van der Waals surface area contributed by atoms with Gasteiger partial charge in [-0.1, -0.05) is 12.1 Å². The van der Waals surface area contributed by atoms with Crippen LogP contribution in [0.5, 0.6) is 5.75 Å². The van der Waals surface area contributed by atoms with Gasteiger partial charge in [0, 0.05) is 25.1 Å². The lowest BCUT2D eigenvalue weighted by Gasteiger charge is -2.41. The number of nitro groups is 1. The largest absolute Gasteiger partial charge is 0.481 e. The van der Waals surface area contributed by atoms with Crippen LogP contribution in [0.1, 0.15) is 13.3 Å². The van der Waals surface area contributed by atoms with Crippen molar-refractivity contribution in [3.05, 3.63) is 34.4 Å². The minimum atomic E-state index is -0.455. The van der Waals surface area contributed by atoms with E-state index in [1.807, 2.05) is 6.92 Å². The van der Waals surface area contributed by atoms with Crippen molar-refractivity contribution in [1.29, 1.82) is 0 Å². The molecular formula is C12H16N2O4. The zero-order chi connectivity index (χ0) is 13.1. The molecule has 1 fully saturated rings. The summed E-state index contributed by atoms with van der Waals surface area (Å²) in [6.45, 7) is 2.43. The van der Waals surface area contributed by atoms with E-state index in [0.717, 1.165) is 0 Å². The number of nitrogens with zero attached hydrogens (tertiary/aromatic N) is 1. The van der Waals surface area contributed by atoms with Crippen LogP contribution in [-0.2, 0) is 4.74 Å². The molecule has 0 aliphatic heterocycles. The van der Waals surface area contributed by atoms with E-state index in [9.17, 15) is 10.1 Å². The quantitative estimate of drug-likeness (QED) is 0.633. The van der Waals surface area contributed by atoms with Gasteiger partial charge in [-0.3, -0.25) is 10.1 Å². The summed E-state index contributed by atoms with van der Waals surface area (Å²) in [4.78, 5) is 10.4. The summed E-state index contributed by atoms with van der Waals surface area (Å²) in [6.07, 6.45) is 0.257. The van der Waals surface area contributed by atoms with Gasteiger partial charge in [-0.05, 0) is 13.0 Å². The average molecular weight is 252 g/mol. The number of rotatable bonds is 5. The van der Waals surface area contributed by atoms with Gasteiger partial charge in [-0.15, -0.1) is 0 Å². The van der Waals surface area contributed by atoms with Crippen LogP contribution in [0, 0.1) is 10.1 Å². The lowest BCUT2D eigenvalue weighted by Crippen LogP contribution is -2.59. The Kier molecular flexibility index (Phi) is 3.78. The summed E-state index contributed by atoms with van der Waals surface area (Å²) in [6, 6.07) is 6.26. The minimum absolute atomic E-state index is 0.0341. The molecule has 3 unspecified atom stereocenters. The van der Waals surface area contributed by atoms with Crippen LogP contribution in [0.15, 0.2) is 24.3 Å². The number of nitrogens with two attached hydrogens (primary N) is 1.